The zero-order valence-electron chi connectivity index (χ0n) is 22.2. The van der Waals surface area contributed by atoms with Crippen LogP contribution in [-0.2, 0) is 22.4 Å². The highest BCUT2D eigenvalue weighted by Crippen LogP contribution is 2.24. The Morgan fingerprint density at radius 3 is 2.43 bits per heavy atom. The van der Waals surface area contributed by atoms with Gasteiger partial charge in [-0.25, -0.2) is 4.79 Å². The lowest BCUT2D eigenvalue weighted by Gasteiger charge is -2.15. The van der Waals surface area contributed by atoms with Crippen molar-refractivity contribution in [2.24, 2.45) is 0 Å². The van der Waals surface area contributed by atoms with Crippen LogP contribution in [0.4, 0.5) is 17.5 Å². The Kier molecular flexibility index (Phi) is 7.99. The summed E-state index contributed by atoms with van der Waals surface area (Å²) in [6, 6.07) is 12.4. The van der Waals surface area contributed by atoms with Crippen molar-refractivity contribution in [2.75, 3.05) is 16.8 Å². The number of anilines is 3. The van der Waals surface area contributed by atoms with Gasteiger partial charge in [0.1, 0.15) is 17.5 Å². The van der Waals surface area contributed by atoms with Crippen LogP contribution in [0.5, 0.6) is 0 Å². The van der Waals surface area contributed by atoms with Gasteiger partial charge >= 0.3 is 5.97 Å². The highest BCUT2D eigenvalue weighted by atomic mass is 16.4. The summed E-state index contributed by atoms with van der Waals surface area (Å²) >= 11 is 0. The van der Waals surface area contributed by atoms with Crippen molar-refractivity contribution in [3.63, 3.8) is 0 Å². The Morgan fingerprint density at radius 2 is 1.74 bits per heavy atom. The van der Waals surface area contributed by atoms with Crippen LogP contribution in [0, 0.1) is 0 Å². The average Bonchev–Trinajstić information content (AvgIpc) is 3.65. The summed E-state index contributed by atoms with van der Waals surface area (Å²) < 4.78 is 0. The first-order valence-corrected chi connectivity index (χ1v) is 12.9. The standard InChI is InChI=1S/C27H27N11O4/c28-22-21-17(13-30-24(21)34-27(29)33-22)6-3-14-1-4-16(5-2-14)25(40)32-19(26(41)42)11-12-20(39)31-18-9-7-15(8-10-18)23-35-37-38-36-23/h1-2,4-5,7-10,13,19H,3,6,11-12H2,(H,31,39)(H,32,40)(H,41,42)(H,35,36,37,38)(H5,28,29,30,33,34)/t19-/m0/s1. The third-order valence-electron chi connectivity index (χ3n) is 6.59. The van der Waals surface area contributed by atoms with Gasteiger partial charge in [0.25, 0.3) is 5.91 Å². The number of H-pyrrole nitrogens is 2. The second-order valence-corrected chi connectivity index (χ2v) is 9.47. The van der Waals surface area contributed by atoms with E-state index in [-0.39, 0.29) is 24.7 Å². The molecule has 0 spiro atoms. The highest BCUT2D eigenvalue weighted by Gasteiger charge is 2.22. The second-order valence-electron chi connectivity index (χ2n) is 9.47. The number of benzene rings is 2. The van der Waals surface area contributed by atoms with E-state index < -0.39 is 17.9 Å². The molecule has 0 saturated carbocycles. The molecular formula is C27H27N11O4. The Hall–Kier alpha value is -5.86. The van der Waals surface area contributed by atoms with Crippen LogP contribution in [0.3, 0.4) is 0 Å². The predicted molar refractivity (Wildman–Crippen MR) is 153 cm³/mol. The highest BCUT2D eigenvalue weighted by molar-refractivity contribution is 5.97. The van der Waals surface area contributed by atoms with Crippen LogP contribution < -0.4 is 22.1 Å². The minimum Gasteiger partial charge on any atom is -0.480 e. The van der Waals surface area contributed by atoms with E-state index in [1.165, 1.54) is 0 Å². The van der Waals surface area contributed by atoms with E-state index >= 15 is 0 Å². The van der Waals surface area contributed by atoms with Crippen LogP contribution in [0.15, 0.2) is 54.7 Å². The summed E-state index contributed by atoms with van der Waals surface area (Å²) in [5.74, 6) is -1.35. The predicted octanol–water partition coefficient (Wildman–Crippen LogP) is 1.69. The molecule has 15 heteroatoms. The number of rotatable bonds is 11. The molecule has 2 amide bonds. The Morgan fingerprint density at radius 1 is 0.976 bits per heavy atom. The number of amides is 2. The number of aryl methyl sites for hydroxylation is 2. The number of hydrogen-bond acceptors (Lipinski definition) is 10. The summed E-state index contributed by atoms with van der Waals surface area (Å²) in [5, 5.41) is 29.2. The van der Waals surface area contributed by atoms with Crippen molar-refractivity contribution < 1.29 is 19.5 Å². The quantitative estimate of drug-likeness (QED) is 0.121. The van der Waals surface area contributed by atoms with Crippen molar-refractivity contribution in [3.05, 3.63) is 71.4 Å². The lowest BCUT2D eigenvalue weighted by Crippen LogP contribution is -2.41. The van der Waals surface area contributed by atoms with E-state index in [0.717, 1.165) is 16.5 Å². The van der Waals surface area contributed by atoms with Crippen LogP contribution in [0.2, 0.25) is 0 Å². The third kappa shape index (κ3) is 6.47. The number of aromatic amines is 2. The SMILES string of the molecule is Nc1nc(N)c2c(CCc3ccc(C(=O)N[C@@H](CCC(=O)Nc4ccc(-c5nn[nH]n5)cc4)C(=O)O)cc3)c[nH]c2n1. The van der Waals surface area contributed by atoms with Crippen LogP contribution in [-0.4, -0.2) is 64.5 Å². The maximum atomic E-state index is 12.8. The molecule has 1 atom stereocenters. The van der Waals surface area contributed by atoms with E-state index in [1.807, 2.05) is 6.20 Å². The number of nitrogens with two attached hydrogens (primary N) is 2. The number of carbonyl (C=O) groups excluding carboxylic acids is 2. The topological polar surface area (TPSA) is 244 Å². The number of aliphatic carboxylic acids is 1. The van der Waals surface area contributed by atoms with Gasteiger partial charge in [-0.15, -0.1) is 10.2 Å². The monoisotopic (exact) mass is 569 g/mol. The first kappa shape index (κ1) is 27.7. The first-order chi connectivity index (χ1) is 20.3. The van der Waals surface area contributed by atoms with Gasteiger partial charge in [-0.05, 0) is 72.0 Å². The molecule has 42 heavy (non-hydrogen) atoms. The number of carbonyl (C=O) groups is 3. The number of tetrazole rings is 1. The van der Waals surface area contributed by atoms with Gasteiger partial charge in [-0.1, -0.05) is 12.1 Å². The van der Waals surface area contributed by atoms with Crippen molar-refractivity contribution in [1.29, 1.82) is 0 Å². The molecule has 0 saturated heterocycles. The van der Waals surface area contributed by atoms with Gasteiger partial charge in [-0.2, -0.15) is 15.2 Å². The molecular weight excluding hydrogens is 542 g/mol. The Balaban J connectivity index is 1.12. The zero-order valence-corrected chi connectivity index (χ0v) is 22.2. The summed E-state index contributed by atoms with van der Waals surface area (Å²) in [6.07, 6.45) is 2.92. The summed E-state index contributed by atoms with van der Waals surface area (Å²) in [4.78, 5) is 48.2. The molecule has 0 fully saturated rings. The number of fused-ring (bicyclic) bond motifs is 1. The van der Waals surface area contributed by atoms with Crippen LogP contribution in [0.25, 0.3) is 22.4 Å². The van der Waals surface area contributed by atoms with Gasteiger partial charge in [-0.3, -0.25) is 9.59 Å². The zero-order chi connectivity index (χ0) is 29.6. The largest absolute Gasteiger partial charge is 0.480 e. The van der Waals surface area contributed by atoms with Gasteiger partial charge in [0, 0.05) is 29.4 Å². The van der Waals surface area contributed by atoms with E-state index in [2.05, 4.69) is 46.2 Å². The van der Waals surface area contributed by atoms with Crippen LogP contribution in [0.1, 0.15) is 34.3 Å². The van der Waals surface area contributed by atoms with Gasteiger partial charge in [0.15, 0.2) is 0 Å². The fourth-order valence-electron chi connectivity index (χ4n) is 4.43. The van der Waals surface area contributed by atoms with Crippen molar-refractivity contribution in [2.45, 2.75) is 31.7 Å². The van der Waals surface area contributed by atoms with Crippen molar-refractivity contribution >= 4 is 46.3 Å². The van der Waals surface area contributed by atoms with Crippen molar-refractivity contribution in [1.82, 2.24) is 40.9 Å². The fourth-order valence-corrected chi connectivity index (χ4v) is 4.43. The summed E-state index contributed by atoms with van der Waals surface area (Å²) in [7, 11) is 0. The molecule has 0 aliphatic rings. The maximum Gasteiger partial charge on any atom is 0.326 e. The number of hydrogen-bond donors (Lipinski definition) is 7. The molecule has 3 heterocycles. The van der Waals surface area contributed by atoms with Crippen molar-refractivity contribution in [3.8, 4) is 11.4 Å². The molecule has 0 aliphatic heterocycles. The van der Waals surface area contributed by atoms with E-state index in [9.17, 15) is 19.5 Å². The Bertz CT molecular complexity index is 1720. The molecule has 0 aliphatic carbocycles. The lowest BCUT2D eigenvalue weighted by molar-refractivity contribution is -0.139. The van der Waals surface area contributed by atoms with Crippen LogP contribution >= 0.6 is 0 Å². The van der Waals surface area contributed by atoms with Gasteiger partial charge < -0.3 is 32.2 Å². The molecule has 214 valence electrons. The van der Waals surface area contributed by atoms with E-state index in [1.54, 1.807) is 48.5 Å². The molecule has 9 N–H and O–H groups in total. The second kappa shape index (κ2) is 12.1. The van der Waals surface area contributed by atoms with Gasteiger partial charge in [0.2, 0.25) is 17.7 Å². The molecule has 0 radical (unpaired) electrons. The number of nitrogens with zero attached hydrogens (tertiary/aromatic N) is 5. The van der Waals surface area contributed by atoms with Gasteiger partial charge in [0.05, 0.1) is 5.39 Å². The molecule has 2 aromatic carbocycles. The minimum atomic E-state index is -1.24. The van der Waals surface area contributed by atoms with E-state index in [4.69, 9.17) is 11.5 Å². The number of nitrogens with one attached hydrogen (secondary N) is 4. The fraction of sp³-hybridized carbons (Fsp3) is 0.185. The Labute approximate surface area is 238 Å². The molecule has 0 unspecified atom stereocenters. The summed E-state index contributed by atoms with van der Waals surface area (Å²) in [6.45, 7) is 0. The normalized spacial score (nSPS) is 11.7. The molecule has 5 rings (SSSR count). The third-order valence-corrected chi connectivity index (χ3v) is 6.59. The number of nitrogen functional groups attached to an aromatic ring is 2. The summed E-state index contributed by atoms with van der Waals surface area (Å²) in [5.41, 5.74) is 15.7. The average molecular weight is 570 g/mol. The number of carboxylic acid groups (broad SMARTS) is 1. The smallest absolute Gasteiger partial charge is 0.326 e. The first-order valence-electron chi connectivity index (χ1n) is 12.9. The number of carboxylic acids is 1. The lowest BCUT2D eigenvalue weighted by atomic mass is 10.0. The number of aromatic nitrogens is 7. The molecule has 5 aromatic rings. The molecule has 0 bridgehead atoms. The molecule has 15 nitrogen and oxygen atoms in total. The minimum absolute atomic E-state index is 0.0882. The molecule has 3 aromatic heterocycles. The maximum absolute atomic E-state index is 12.8. The van der Waals surface area contributed by atoms with E-state index in [0.29, 0.717) is 46.9 Å².